The van der Waals surface area contributed by atoms with Crippen molar-refractivity contribution < 1.29 is 9.59 Å². The maximum atomic E-state index is 12.6. The number of thioether (sulfide) groups is 1. The molecule has 0 atom stereocenters. The molecule has 4 aromatic rings. The van der Waals surface area contributed by atoms with Crippen LogP contribution in [-0.2, 0) is 11.3 Å². The van der Waals surface area contributed by atoms with E-state index in [1.54, 1.807) is 47.0 Å². The molecule has 2 aromatic heterocycles. The van der Waals surface area contributed by atoms with Crippen molar-refractivity contribution in [1.29, 1.82) is 0 Å². The first kappa shape index (κ1) is 21.9. The lowest BCUT2D eigenvalue weighted by atomic mass is 10.1. The van der Waals surface area contributed by atoms with Crippen LogP contribution in [0.2, 0.25) is 5.02 Å². The minimum absolute atomic E-state index is 0.146. The van der Waals surface area contributed by atoms with E-state index in [9.17, 15) is 9.59 Å². The number of rotatable bonds is 7. The number of amides is 2. The number of hydrogen-bond acceptors (Lipinski definition) is 5. The van der Waals surface area contributed by atoms with Gasteiger partial charge >= 0.3 is 0 Å². The first-order chi connectivity index (χ1) is 15.5. The number of fused-ring (bicyclic) bond motifs is 1. The van der Waals surface area contributed by atoms with E-state index in [0.717, 1.165) is 5.56 Å². The first-order valence-electron chi connectivity index (χ1n) is 9.85. The maximum absolute atomic E-state index is 12.6. The second-order valence-electron chi connectivity index (χ2n) is 7.14. The van der Waals surface area contributed by atoms with Gasteiger partial charge in [0.2, 0.25) is 5.91 Å². The second kappa shape index (κ2) is 9.84. The molecule has 2 aromatic carbocycles. The predicted molar refractivity (Wildman–Crippen MR) is 126 cm³/mol. The molecule has 0 unspecified atom stereocenters. The zero-order valence-corrected chi connectivity index (χ0v) is 18.8. The standard InChI is InChI=1S/C23H20ClN5O2S/c1-15-2-4-16(5-3-15)12-25-22(31)17-6-11-20-27-28-23(29(20)13-17)32-14-21(30)26-19-9-7-18(24)8-10-19/h2-11,13H,12,14H2,1H3,(H,25,31)(H,26,30). The predicted octanol–water partition coefficient (Wildman–Crippen LogP) is 4.35. The van der Waals surface area contributed by atoms with Crippen molar-refractivity contribution >= 4 is 46.5 Å². The van der Waals surface area contributed by atoms with Gasteiger partial charge in [-0.2, -0.15) is 0 Å². The summed E-state index contributed by atoms with van der Waals surface area (Å²) in [6.07, 6.45) is 1.68. The number of carbonyl (C=O) groups excluding carboxylic acids is 2. The van der Waals surface area contributed by atoms with Crippen molar-refractivity contribution in [2.45, 2.75) is 18.6 Å². The Hall–Kier alpha value is -3.36. The molecule has 4 rings (SSSR count). The molecule has 2 N–H and O–H groups in total. The lowest BCUT2D eigenvalue weighted by Crippen LogP contribution is -2.23. The Morgan fingerprint density at radius 1 is 1.00 bits per heavy atom. The molecule has 0 spiro atoms. The fourth-order valence-corrected chi connectivity index (χ4v) is 3.80. The van der Waals surface area contributed by atoms with Crippen LogP contribution >= 0.6 is 23.4 Å². The molecule has 2 amide bonds. The lowest BCUT2D eigenvalue weighted by molar-refractivity contribution is -0.113. The highest BCUT2D eigenvalue weighted by molar-refractivity contribution is 7.99. The number of anilines is 1. The smallest absolute Gasteiger partial charge is 0.253 e. The Kier molecular flexibility index (Phi) is 6.72. The molecule has 32 heavy (non-hydrogen) atoms. The van der Waals surface area contributed by atoms with E-state index in [1.165, 1.54) is 17.3 Å². The third-order valence-corrected chi connectivity index (χ3v) is 5.86. The van der Waals surface area contributed by atoms with Gasteiger partial charge in [-0.1, -0.05) is 53.2 Å². The molecule has 0 saturated carbocycles. The SMILES string of the molecule is Cc1ccc(CNC(=O)c2ccc3nnc(SCC(=O)Nc4ccc(Cl)cc4)n3c2)cc1. The average Bonchev–Trinajstić information content (AvgIpc) is 3.21. The molecular formula is C23H20ClN5O2S. The van der Waals surface area contributed by atoms with Gasteiger partial charge in [-0.25, -0.2) is 0 Å². The van der Waals surface area contributed by atoms with Gasteiger partial charge in [0.1, 0.15) is 0 Å². The highest BCUT2D eigenvalue weighted by Crippen LogP contribution is 2.19. The molecule has 7 nitrogen and oxygen atoms in total. The first-order valence-corrected chi connectivity index (χ1v) is 11.2. The zero-order chi connectivity index (χ0) is 22.5. The lowest BCUT2D eigenvalue weighted by Gasteiger charge is -2.07. The fourth-order valence-electron chi connectivity index (χ4n) is 2.95. The van der Waals surface area contributed by atoms with E-state index >= 15 is 0 Å². The third kappa shape index (κ3) is 5.46. The molecule has 0 aliphatic rings. The van der Waals surface area contributed by atoms with Crippen molar-refractivity contribution in [2.75, 3.05) is 11.1 Å². The third-order valence-electron chi connectivity index (χ3n) is 4.67. The van der Waals surface area contributed by atoms with Gasteiger partial charge in [0.05, 0.1) is 11.3 Å². The summed E-state index contributed by atoms with van der Waals surface area (Å²) in [5.74, 6) is -0.230. The van der Waals surface area contributed by atoms with Gasteiger partial charge in [0, 0.05) is 23.5 Å². The molecule has 0 saturated heterocycles. The van der Waals surface area contributed by atoms with Crippen LogP contribution in [0.25, 0.3) is 5.65 Å². The van der Waals surface area contributed by atoms with Crippen molar-refractivity contribution in [3.8, 4) is 0 Å². The van der Waals surface area contributed by atoms with Crippen LogP contribution in [0.15, 0.2) is 72.0 Å². The van der Waals surface area contributed by atoms with Gasteiger partial charge in [0.25, 0.3) is 5.91 Å². The zero-order valence-electron chi connectivity index (χ0n) is 17.2. The molecule has 9 heteroatoms. The summed E-state index contributed by atoms with van der Waals surface area (Å²) in [5, 5.41) is 15.1. The van der Waals surface area contributed by atoms with E-state index in [4.69, 9.17) is 11.6 Å². The van der Waals surface area contributed by atoms with E-state index < -0.39 is 0 Å². The van der Waals surface area contributed by atoms with E-state index in [2.05, 4.69) is 20.8 Å². The minimum atomic E-state index is -0.197. The second-order valence-corrected chi connectivity index (χ2v) is 8.52. The average molecular weight is 466 g/mol. The summed E-state index contributed by atoms with van der Waals surface area (Å²) in [6, 6.07) is 18.3. The number of pyridine rings is 1. The molecular weight excluding hydrogens is 446 g/mol. The summed E-state index contributed by atoms with van der Waals surface area (Å²) in [5.41, 5.74) is 3.94. The highest BCUT2D eigenvalue weighted by atomic mass is 35.5. The Morgan fingerprint density at radius 3 is 2.50 bits per heavy atom. The number of benzene rings is 2. The number of halogens is 1. The van der Waals surface area contributed by atoms with Crippen LogP contribution in [0.1, 0.15) is 21.5 Å². The molecule has 0 fully saturated rings. The molecule has 0 aliphatic carbocycles. The minimum Gasteiger partial charge on any atom is -0.348 e. The molecule has 0 aliphatic heterocycles. The van der Waals surface area contributed by atoms with E-state index in [0.29, 0.717) is 33.6 Å². The molecule has 162 valence electrons. The topological polar surface area (TPSA) is 88.4 Å². The van der Waals surface area contributed by atoms with E-state index in [1.807, 2.05) is 31.2 Å². The van der Waals surface area contributed by atoms with Gasteiger partial charge in [-0.15, -0.1) is 10.2 Å². The van der Waals surface area contributed by atoms with Crippen LogP contribution in [-0.4, -0.2) is 32.2 Å². The Labute approximate surface area is 194 Å². The van der Waals surface area contributed by atoms with Gasteiger partial charge in [-0.05, 0) is 48.9 Å². The quantitative estimate of drug-likeness (QED) is 0.396. The van der Waals surface area contributed by atoms with Gasteiger partial charge in [0.15, 0.2) is 10.8 Å². The number of aromatic nitrogens is 3. The van der Waals surface area contributed by atoms with Gasteiger partial charge < -0.3 is 10.6 Å². The Morgan fingerprint density at radius 2 is 1.75 bits per heavy atom. The summed E-state index contributed by atoms with van der Waals surface area (Å²) in [6.45, 7) is 2.46. The maximum Gasteiger partial charge on any atom is 0.253 e. The van der Waals surface area contributed by atoms with Crippen LogP contribution < -0.4 is 10.6 Å². The monoisotopic (exact) mass is 465 g/mol. The Bertz CT molecular complexity index is 1260. The normalized spacial score (nSPS) is 10.8. The molecule has 0 bridgehead atoms. The summed E-state index contributed by atoms with van der Waals surface area (Å²) in [4.78, 5) is 24.9. The highest BCUT2D eigenvalue weighted by Gasteiger charge is 2.13. The molecule has 0 radical (unpaired) electrons. The summed E-state index contributed by atoms with van der Waals surface area (Å²) >= 11 is 7.10. The van der Waals surface area contributed by atoms with Crippen molar-refractivity contribution in [3.63, 3.8) is 0 Å². The number of nitrogens with one attached hydrogen (secondary N) is 2. The van der Waals surface area contributed by atoms with Crippen LogP contribution in [0.3, 0.4) is 0 Å². The van der Waals surface area contributed by atoms with E-state index in [-0.39, 0.29) is 17.6 Å². The van der Waals surface area contributed by atoms with Crippen molar-refractivity contribution in [2.24, 2.45) is 0 Å². The summed E-state index contributed by atoms with van der Waals surface area (Å²) < 4.78 is 1.71. The largest absolute Gasteiger partial charge is 0.348 e. The van der Waals surface area contributed by atoms with Crippen LogP contribution in [0.5, 0.6) is 0 Å². The van der Waals surface area contributed by atoms with Crippen LogP contribution in [0.4, 0.5) is 5.69 Å². The molecule has 2 heterocycles. The number of aryl methyl sites for hydroxylation is 1. The van der Waals surface area contributed by atoms with Gasteiger partial charge in [-0.3, -0.25) is 14.0 Å². The van der Waals surface area contributed by atoms with Crippen LogP contribution in [0, 0.1) is 6.92 Å². The Balaban J connectivity index is 1.39. The summed E-state index contributed by atoms with van der Waals surface area (Å²) in [7, 11) is 0. The number of hydrogen-bond donors (Lipinski definition) is 2. The fraction of sp³-hybridized carbons (Fsp3) is 0.130. The van der Waals surface area contributed by atoms with Crippen molar-refractivity contribution in [1.82, 2.24) is 19.9 Å². The number of nitrogens with zero attached hydrogens (tertiary/aromatic N) is 3. The van der Waals surface area contributed by atoms with Crippen molar-refractivity contribution in [3.05, 3.63) is 88.6 Å². The number of carbonyl (C=O) groups is 2.